The molecule has 0 aliphatic heterocycles. The van der Waals surface area contributed by atoms with E-state index in [0.29, 0.717) is 0 Å². The van der Waals surface area contributed by atoms with E-state index in [1.807, 2.05) is 0 Å². The summed E-state index contributed by atoms with van der Waals surface area (Å²) >= 11 is 0. The van der Waals surface area contributed by atoms with Gasteiger partial charge in [0.25, 0.3) is 5.69 Å². The van der Waals surface area contributed by atoms with Crippen molar-refractivity contribution in [1.82, 2.24) is 0 Å². The third-order valence-corrected chi connectivity index (χ3v) is 2.58. The van der Waals surface area contributed by atoms with Gasteiger partial charge in [-0.05, 0) is 6.07 Å². The standard InChI is InChI=1S/C11H13F3N2O4/c1-19-9-3-6(7(15)5-11(12,13)14)8(16(17)18)4-10(9)20-2/h3-4,7H,5,15H2,1-2H3/t7-/m1/s1. The lowest BCUT2D eigenvalue weighted by atomic mass is 10.0. The van der Waals surface area contributed by atoms with Gasteiger partial charge in [-0.1, -0.05) is 0 Å². The maximum Gasteiger partial charge on any atom is 0.390 e. The van der Waals surface area contributed by atoms with E-state index in [9.17, 15) is 23.3 Å². The highest BCUT2D eigenvalue weighted by atomic mass is 19.4. The van der Waals surface area contributed by atoms with E-state index in [4.69, 9.17) is 15.2 Å². The summed E-state index contributed by atoms with van der Waals surface area (Å²) in [4.78, 5) is 10.1. The number of alkyl halides is 3. The lowest BCUT2D eigenvalue weighted by Crippen LogP contribution is -2.21. The van der Waals surface area contributed by atoms with Gasteiger partial charge in [0.15, 0.2) is 11.5 Å². The second kappa shape index (κ2) is 5.95. The molecule has 0 aliphatic carbocycles. The molecule has 0 saturated heterocycles. The largest absolute Gasteiger partial charge is 0.493 e. The topological polar surface area (TPSA) is 87.6 Å². The molecule has 2 N–H and O–H groups in total. The summed E-state index contributed by atoms with van der Waals surface area (Å²) in [5, 5.41) is 10.9. The van der Waals surface area contributed by atoms with Crippen LogP contribution in [0.15, 0.2) is 12.1 Å². The molecule has 0 saturated carbocycles. The fraction of sp³-hybridized carbons (Fsp3) is 0.455. The van der Waals surface area contributed by atoms with E-state index in [2.05, 4.69) is 0 Å². The molecule has 0 aliphatic rings. The summed E-state index contributed by atoms with van der Waals surface area (Å²) in [6.07, 6.45) is -5.90. The average molecular weight is 294 g/mol. The highest BCUT2D eigenvalue weighted by Crippen LogP contribution is 2.39. The number of benzene rings is 1. The molecule has 1 aromatic rings. The van der Waals surface area contributed by atoms with E-state index >= 15 is 0 Å². The number of halogens is 3. The van der Waals surface area contributed by atoms with Crippen LogP contribution < -0.4 is 15.2 Å². The number of nitro groups is 1. The SMILES string of the molecule is COc1cc([C@H](N)CC(F)(F)F)c([N+](=O)[O-])cc1OC. The molecule has 1 aromatic carbocycles. The quantitative estimate of drug-likeness (QED) is 0.666. The summed E-state index contributed by atoms with van der Waals surface area (Å²) in [6.45, 7) is 0. The summed E-state index contributed by atoms with van der Waals surface area (Å²) in [6, 6.07) is 0.521. The monoisotopic (exact) mass is 294 g/mol. The molecular weight excluding hydrogens is 281 g/mol. The van der Waals surface area contributed by atoms with Gasteiger partial charge in [-0.25, -0.2) is 0 Å². The Kier molecular flexibility index (Phi) is 4.77. The number of rotatable bonds is 5. The Bertz CT molecular complexity index is 505. The molecule has 0 spiro atoms. The van der Waals surface area contributed by atoms with Gasteiger partial charge in [0, 0.05) is 6.04 Å². The molecule has 0 bridgehead atoms. The van der Waals surface area contributed by atoms with Gasteiger partial charge in [0.2, 0.25) is 0 Å². The first-order valence-electron chi connectivity index (χ1n) is 5.42. The van der Waals surface area contributed by atoms with Crippen molar-refractivity contribution in [3.8, 4) is 11.5 Å². The van der Waals surface area contributed by atoms with E-state index < -0.39 is 29.2 Å². The maximum absolute atomic E-state index is 12.3. The minimum absolute atomic E-state index is 0.0437. The molecule has 0 amide bonds. The van der Waals surface area contributed by atoms with Crippen LogP contribution in [-0.2, 0) is 0 Å². The Balaban J connectivity index is 3.32. The van der Waals surface area contributed by atoms with Crippen LogP contribution >= 0.6 is 0 Å². The fourth-order valence-electron chi connectivity index (χ4n) is 1.70. The van der Waals surface area contributed by atoms with Crippen molar-refractivity contribution < 1.29 is 27.6 Å². The summed E-state index contributed by atoms with van der Waals surface area (Å²) < 4.78 is 46.8. The van der Waals surface area contributed by atoms with Crippen molar-refractivity contribution in [3.63, 3.8) is 0 Å². The Morgan fingerprint density at radius 2 is 1.80 bits per heavy atom. The Labute approximate surface area is 112 Å². The number of hydrogen-bond donors (Lipinski definition) is 1. The van der Waals surface area contributed by atoms with Crippen molar-refractivity contribution in [3.05, 3.63) is 27.8 Å². The van der Waals surface area contributed by atoms with Crippen molar-refractivity contribution >= 4 is 5.69 Å². The third-order valence-electron chi connectivity index (χ3n) is 2.58. The lowest BCUT2D eigenvalue weighted by molar-refractivity contribution is -0.385. The number of ether oxygens (including phenoxy) is 2. The molecular formula is C11H13F3N2O4. The number of hydrogen-bond acceptors (Lipinski definition) is 5. The normalized spacial score (nSPS) is 12.9. The summed E-state index contributed by atoms with van der Waals surface area (Å²) in [7, 11) is 2.53. The average Bonchev–Trinajstić information content (AvgIpc) is 2.34. The molecule has 6 nitrogen and oxygen atoms in total. The zero-order chi connectivity index (χ0) is 15.5. The molecule has 0 heterocycles. The minimum atomic E-state index is -4.53. The van der Waals surface area contributed by atoms with E-state index in [1.54, 1.807) is 0 Å². The molecule has 1 rings (SSSR count). The van der Waals surface area contributed by atoms with Gasteiger partial charge in [-0.15, -0.1) is 0 Å². The van der Waals surface area contributed by atoms with Crippen LogP contribution in [0.1, 0.15) is 18.0 Å². The summed E-state index contributed by atoms with van der Waals surface area (Å²) in [5.74, 6) is 0.118. The molecule has 20 heavy (non-hydrogen) atoms. The van der Waals surface area contributed by atoms with Gasteiger partial charge in [-0.3, -0.25) is 10.1 Å². The Morgan fingerprint density at radius 1 is 1.30 bits per heavy atom. The number of nitro benzene ring substituents is 1. The van der Waals surface area contributed by atoms with E-state index in [1.165, 1.54) is 14.2 Å². The molecule has 112 valence electrons. The van der Waals surface area contributed by atoms with Crippen LogP contribution in [0.5, 0.6) is 11.5 Å². The van der Waals surface area contributed by atoms with Gasteiger partial charge in [-0.2, -0.15) is 13.2 Å². The summed E-state index contributed by atoms with van der Waals surface area (Å²) in [5.41, 5.74) is 4.61. The van der Waals surface area contributed by atoms with Crippen molar-refractivity contribution in [1.29, 1.82) is 0 Å². The molecule has 0 unspecified atom stereocenters. The molecule has 9 heteroatoms. The first-order chi connectivity index (χ1) is 9.19. The smallest absolute Gasteiger partial charge is 0.390 e. The van der Waals surface area contributed by atoms with Crippen LogP contribution in [0.25, 0.3) is 0 Å². The lowest BCUT2D eigenvalue weighted by Gasteiger charge is -2.16. The van der Waals surface area contributed by atoms with Crippen molar-refractivity contribution in [2.75, 3.05) is 14.2 Å². The first kappa shape index (κ1) is 16.0. The van der Waals surface area contributed by atoms with Gasteiger partial charge >= 0.3 is 6.18 Å². The predicted octanol–water partition coefficient (Wildman–Crippen LogP) is 2.56. The van der Waals surface area contributed by atoms with Crippen molar-refractivity contribution in [2.24, 2.45) is 5.73 Å². The maximum atomic E-state index is 12.3. The van der Waals surface area contributed by atoms with Gasteiger partial charge in [0.05, 0.1) is 37.2 Å². The van der Waals surface area contributed by atoms with Crippen LogP contribution in [0, 0.1) is 10.1 Å². The van der Waals surface area contributed by atoms with Crippen LogP contribution in [0.2, 0.25) is 0 Å². The van der Waals surface area contributed by atoms with E-state index in [-0.39, 0.29) is 17.1 Å². The van der Waals surface area contributed by atoms with Crippen molar-refractivity contribution in [2.45, 2.75) is 18.6 Å². The van der Waals surface area contributed by atoms with Crippen LogP contribution in [0.4, 0.5) is 18.9 Å². The first-order valence-corrected chi connectivity index (χ1v) is 5.42. The van der Waals surface area contributed by atoms with E-state index in [0.717, 1.165) is 12.1 Å². The van der Waals surface area contributed by atoms with Crippen LogP contribution in [-0.4, -0.2) is 25.3 Å². The van der Waals surface area contributed by atoms with Gasteiger partial charge in [0.1, 0.15) is 0 Å². The predicted molar refractivity (Wildman–Crippen MR) is 63.8 cm³/mol. The molecule has 1 atom stereocenters. The molecule has 0 radical (unpaired) electrons. The molecule has 0 aromatic heterocycles. The second-order valence-electron chi connectivity index (χ2n) is 3.95. The second-order valence-corrected chi connectivity index (χ2v) is 3.95. The van der Waals surface area contributed by atoms with Gasteiger partial charge < -0.3 is 15.2 Å². The number of methoxy groups -OCH3 is 2. The zero-order valence-electron chi connectivity index (χ0n) is 10.7. The zero-order valence-corrected chi connectivity index (χ0v) is 10.7. The Hall–Kier alpha value is -2.03. The minimum Gasteiger partial charge on any atom is -0.493 e. The fourth-order valence-corrected chi connectivity index (χ4v) is 1.70. The third kappa shape index (κ3) is 3.73. The number of nitrogens with zero attached hydrogens (tertiary/aromatic N) is 1. The Morgan fingerprint density at radius 3 is 2.20 bits per heavy atom. The molecule has 0 fully saturated rings. The highest BCUT2D eigenvalue weighted by molar-refractivity contribution is 5.55. The van der Waals surface area contributed by atoms with Crippen LogP contribution in [0.3, 0.4) is 0 Å². The highest BCUT2D eigenvalue weighted by Gasteiger charge is 2.34. The number of nitrogens with two attached hydrogens (primary N) is 1.